The summed E-state index contributed by atoms with van der Waals surface area (Å²) in [7, 11) is 0. The maximum absolute atomic E-state index is 5.19. The Morgan fingerprint density at radius 1 is 0.480 bits per heavy atom. The van der Waals surface area contributed by atoms with E-state index in [0.717, 1.165) is 39.4 Å². The van der Waals surface area contributed by atoms with E-state index < -0.39 is 0 Å². The maximum Gasteiger partial charge on any atom is 0.0740 e. The molecule has 0 atom stereocenters. The first-order chi connectivity index (χ1) is 24.6. The van der Waals surface area contributed by atoms with Crippen molar-refractivity contribution < 1.29 is 0 Å². The highest BCUT2D eigenvalue weighted by Gasteiger charge is 2.18. The highest BCUT2D eigenvalue weighted by atomic mass is 32.1. The lowest BCUT2D eigenvalue weighted by atomic mass is 9.96. The topological polar surface area (TPSA) is 15.6 Å². The zero-order valence-corrected chi connectivity index (χ0v) is 28.8. The largest absolute Gasteiger partial charge is 0.310 e. The van der Waals surface area contributed by atoms with Crippen molar-refractivity contribution in [3.63, 3.8) is 0 Å². The molecule has 0 bridgehead atoms. The highest BCUT2D eigenvalue weighted by Crippen LogP contribution is 2.44. The Morgan fingerprint density at radius 2 is 1.10 bits per heavy atom. The summed E-state index contributed by atoms with van der Waals surface area (Å²) >= 11 is 1.86. The van der Waals surface area contributed by atoms with Crippen molar-refractivity contribution in [3.8, 4) is 11.1 Å². The molecular weight excluding hydrogens is 625 g/mol. The van der Waals surface area contributed by atoms with Gasteiger partial charge in [0.25, 0.3) is 0 Å². The van der Waals surface area contributed by atoms with Gasteiger partial charge in [0.2, 0.25) is 0 Å². The van der Waals surface area contributed by atoms with Gasteiger partial charge in [-0.05, 0) is 89.3 Å². The Balaban J connectivity index is 1.19. The number of rotatable bonds is 6. The molecule has 238 valence electrons. The molecule has 2 nitrogen and oxygen atoms in total. The minimum Gasteiger partial charge on any atom is -0.310 e. The van der Waals surface area contributed by atoms with E-state index >= 15 is 0 Å². The minimum absolute atomic E-state index is 1.01. The lowest BCUT2D eigenvalue weighted by molar-refractivity contribution is 1.30. The summed E-state index contributed by atoms with van der Waals surface area (Å²) < 4.78 is 2.64. The number of thiophene rings is 1. The van der Waals surface area contributed by atoms with Crippen molar-refractivity contribution in [2.45, 2.75) is 13.8 Å². The van der Waals surface area contributed by atoms with Crippen LogP contribution in [0.3, 0.4) is 0 Å². The average molecular weight is 659 g/mol. The standard InChI is InChI=1S/C47H34N2S/c1-31-23-25-39-38-20-12-21-44(40(38)27-28-43(39)47(31)48-32(2)33-13-5-3-6-14-33)49(36-16-7-4-8-17-36)37-18-11-15-34(29-37)35-24-26-42-41-19-9-10-22-45(41)50-46(42)30-35/h3-30H,1-2H3/b48-32+. The molecule has 0 aliphatic heterocycles. The molecule has 9 rings (SSSR count). The Hall–Kier alpha value is -6.03. The van der Waals surface area contributed by atoms with Gasteiger partial charge in [0.1, 0.15) is 0 Å². The Kier molecular flexibility index (Phi) is 7.49. The average Bonchev–Trinajstić information content (AvgIpc) is 3.55. The Bertz CT molecular complexity index is 2720. The Morgan fingerprint density at radius 3 is 1.96 bits per heavy atom. The van der Waals surface area contributed by atoms with Gasteiger partial charge < -0.3 is 4.90 Å². The number of para-hydroxylation sites is 1. The number of hydrogen-bond acceptors (Lipinski definition) is 3. The van der Waals surface area contributed by atoms with Crippen LogP contribution in [0, 0.1) is 6.92 Å². The first-order valence-electron chi connectivity index (χ1n) is 17.0. The molecule has 8 aromatic carbocycles. The second-order valence-electron chi connectivity index (χ2n) is 12.9. The molecule has 50 heavy (non-hydrogen) atoms. The van der Waals surface area contributed by atoms with E-state index in [9.17, 15) is 0 Å². The van der Waals surface area contributed by atoms with Crippen LogP contribution in [-0.2, 0) is 0 Å². The van der Waals surface area contributed by atoms with Gasteiger partial charge >= 0.3 is 0 Å². The van der Waals surface area contributed by atoms with Crippen molar-refractivity contribution in [3.05, 3.63) is 181 Å². The fraction of sp³-hybridized carbons (Fsp3) is 0.0426. The van der Waals surface area contributed by atoms with Crippen molar-refractivity contribution in [2.24, 2.45) is 4.99 Å². The lowest BCUT2D eigenvalue weighted by Crippen LogP contribution is -2.10. The summed E-state index contributed by atoms with van der Waals surface area (Å²) in [6, 6.07) is 61.3. The van der Waals surface area contributed by atoms with Crippen LogP contribution in [0.15, 0.2) is 175 Å². The third kappa shape index (κ3) is 5.24. The second-order valence-corrected chi connectivity index (χ2v) is 13.9. The molecule has 0 saturated heterocycles. The van der Waals surface area contributed by atoms with E-state index in [-0.39, 0.29) is 0 Å². The molecule has 0 saturated carbocycles. The predicted molar refractivity (Wildman–Crippen MR) is 218 cm³/mol. The van der Waals surface area contributed by atoms with Crippen LogP contribution in [0.2, 0.25) is 0 Å². The molecule has 3 heteroatoms. The summed E-state index contributed by atoms with van der Waals surface area (Å²) in [6.07, 6.45) is 0. The number of aliphatic imine (C=N–C) groups is 1. The molecule has 0 fully saturated rings. The maximum atomic E-state index is 5.19. The van der Waals surface area contributed by atoms with E-state index in [2.05, 4.69) is 183 Å². The van der Waals surface area contributed by atoms with Crippen molar-refractivity contribution >= 4 is 81.5 Å². The zero-order chi connectivity index (χ0) is 33.6. The molecule has 1 heterocycles. The first-order valence-corrected chi connectivity index (χ1v) is 17.9. The molecule has 9 aromatic rings. The normalized spacial score (nSPS) is 11.9. The summed E-state index contributed by atoms with van der Waals surface area (Å²) in [5.41, 5.74) is 10.1. The zero-order valence-electron chi connectivity index (χ0n) is 28.0. The van der Waals surface area contributed by atoms with Gasteiger partial charge in [-0.2, -0.15) is 0 Å². The number of hydrogen-bond donors (Lipinski definition) is 0. The number of aryl methyl sites for hydroxylation is 1. The van der Waals surface area contributed by atoms with Gasteiger partial charge in [0, 0.05) is 48.0 Å². The van der Waals surface area contributed by atoms with Gasteiger partial charge in [0.15, 0.2) is 0 Å². The molecule has 1 aromatic heterocycles. The van der Waals surface area contributed by atoms with E-state index in [4.69, 9.17) is 4.99 Å². The molecular formula is C47H34N2S. The Labute approximate surface area is 296 Å². The number of benzene rings is 8. The molecule has 0 aliphatic carbocycles. The van der Waals surface area contributed by atoms with Gasteiger partial charge in [-0.3, -0.25) is 4.99 Å². The number of fused-ring (bicyclic) bond motifs is 6. The second kappa shape index (κ2) is 12.5. The smallest absolute Gasteiger partial charge is 0.0740 e. The van der Waals surface area contributed by atoms with E-state index in [1.54, 1.807) is 0 Å². The quantitative estimate of drug-likeness (QED) is 0.128. The van der Waals surface area contributed by atoms with Crippen molar-refractivity contribution in [1.29, 1.82) is 0 Å². The van der Waals surface area contributed by atoms with E-state index in [0.29, 0.717) is 0 Å². The van der Waals surface area contributed by atoms with Crippen LogP contribution >= 0.6 is 11.3 Å². The first kappa shape index (κ1) is 30.1. The van der Waals surface area contributed by atoms with Crippen molar-refractivity contribution in [2.75, 3.05) is 4.90 Å². The number of nitrogens with zero attached hydrogens (tertiary/aromatic N) is 2. The van der Waals surface area contributed by atoms with Crippen LogP contribution in [0.1, 0.15) is 18.1 Å². The molecule has 0 unspecified atom stereocenters. The third-order valence-electron chi connectivity index (χ3n) is 9.75. The summed E-state index contributed by atoms with van der Waals surface area (Å²) in [5.74, 6) is 0. The molecule has 0 N–H and O–H groups in total. The molecule has 0 amide bonds. The predicted octanol–water partition coefficient (Wildman–Crippen LogP) is 13.9. The van der Waals surface area contributed by atoms with E-state index in [1.807, 2.05) is 17.4 Å². The summed E-state index contributed by atoms with van der Waals surface area (Å²) in [4.78, 5) is 7.58. The van der Waals surface area contributed by atoms with Crippen LogP contribution < -0.4 is 4.90 Å². The van der Waals surface area contributed by atoms with Crippen LogP contribution in [0.4, 0.5) is 22.7 Å². The third-order valence-corrected chi connectivity index (χ3v) is 10.9. The minimum atomic E-state index is 1.01. The van der Waals surface area contributed by atoms with Crippen LogP contribution in [0.5, 0.6) is 0 Å². The van der Waals surface area contributed by atoms with Crippen molar-refractivity contribution in [1.82, 2.24) is 0 Å². The monoisotopic (exact) mass is 658 g/mol. The van der Waals surface area contributed by atoms with Crippen LogP contribution in [-0.4, -0.2) is 5.71 Å². The lowest BCUT2D eigenvalue weighted by Gasteiger charge is -2.27. The number of anilines is 3. The highest BCUT2D eigenvalue weighted by molar-refractivity contribution is 7.25. The fourth-order valence-corrected chi connectivity index (χ4v) is 8.38. The van der Waals surface area contributed by atoms with Crippen LogP contribution in [0.25, 0.3) is 52.8 Å². The van der Waals surface area contributed by atoms with Gasteiger partial charge in [-0.1, -0.05) is 127 Å². The SMILES string of the molecule is C/C(=N\c1c(C)ccc2c1ccc1c(N(c3ccccc3)c3cccc(-c4ccc5c(c4)sc4ccccc45)c3)cccc12)c1ccccc1. The van der Waals surface area contributed by atoms with Gasteiger partial charge in [0.05, 0.1) is 11.4 Å². The van der Waals surface area contributed by atoms with E-state index in [1.165, 1.54) is 53.0 Å². The molecule has 0 radical (unpaired) electrons. The fourth-order valence-electron chi connectivity index (χ4n) is 7.24. The summed E-state index contributed by atoms with van der Waals surface area (Å²) in [6.45, 7) is 4.25. The molecule has 0 spiro atoms. The molecule has 0 aliphatic rings. The summed E-state index contributed by atoms with van der Waals surface area (Å²) in [5, 5.41) is 7.41. The van der Waals surface area contributed by atoms with Gasteiger partial charge in [-0.25, -0.2) is 0 Å². The van der Waals surface area contributed by atoms with Gasteiger partial charge in [-0.15, -0.1) is 11.3 Å².